The van der Waals surface area contributed by atoms with Crippen LogP contribution in [0.15, 0.2) is 53.1 Å². The predicted octanol–water partition coefficient (Wildman–Crippen LogP) is 3.41. The Morgan fingerprint density at radius 2 is 1.86 bits per heavy atom. The lowest BCUT2D eigenvalue weighted by molar-refractivity contribution is -0.119. The zero-order valence-corrected chi connectivity index (χ0v) is 16.6. The summed E-state index contributed by atoms with van der Waals surface area (Å²) in [7, 11) is 1.60. The van der Waals surface area contributed by atoms with Gasteiger partial charge >= 0.3 is 0 Å². The maximum Gasteiger partial charge on any atom is 0.255 e. The zero-order valence-electron chi connectivity index (χ0n) is 16.6. The number of ether oxygens (including phenoxy) is 1. The fourth-order valence-corrected chi connectivity index (χ4v) is 2.77. The molecule has 0 aliphatic heterocycles. The zero-order chi connectivity index (χ0) is 20.8. The molecule has 0 fully saturated rings. The molecule has 2 N–H and O–H groups in total. The summed E-state index contributed by atoms with van der Waals surface area (Å²) in [4.78, 5) is 24.0. The summed E-state index contributed by atoms with van der Waals surface area (Å²) in [6.07, 6.45) is 0.301. The van der Waals surface area contributed by atoms with Crippen LogP contribution in [-0.2, 0) is 17.8 Å². The van der Waals surface area contributed by atoms with Crippen LogP contribution >= 0.6 is 0 Å². The molecule has 3 rings (SSSR count). The van der Waals surface area contributed by atoms with Gasteiger partial charge in [0.15, 0.2) is 0 Å². The summed E-state index contributed by atoms with van der Waals surface area (Å²) in [5.41, 5.74) is 3.69. The van der Waals surface area contributed by atoms with Crippen LogP contribution in [-0.4, -0.2) is 24.0 Å². The fourth-order valence-electron chi connectivity index (χ4n) is 2.77. The summed E-state index contributed by atoms with van der Waals surface area (Å²) in [6, 6.07) is 14.1. The highest BCUT2D eigenvalue weighted by molar-refractivity contribution is 6.04. The van der Waals surface area contributed by atoms with E-state index in [0.29, 0.717) is 30.0 Å². The molecular formula is C22H23N3O4. The third-order valence-electron chi connectivity index (χ3n) is 4.52. The van der Waals surface area contributed by atoms with Crippen molar-refractivity contribution in [3.63, 3.8) is 0 Å². The third-order valence-corrected chi connectivity index (χ3v) is 4.52. The molecule has 29 heavy (non-hydrogen) atoms. The summed E-state index contributed by atoms with van der Waals surface area (Å²) >= 11 is 0. The van der Waals surface area contributed by atoms with Crippen LogP contribution in [0.5, 0.6) is 5.75 Å². The Labute approximate surface area is 169 Å². The first-order valence-electron chi connectivity index (χ1n) is 9.21. The van der Waals surface area contributed by atoms with Crippen molar-refractivity contribution in [2.24, 2.45) is 0 Å². The predicted molar refractivity (Wildman–Crippen MR) is 109 cm³/mol. The second kappa shape index (κ2) is 9.05. The molecule has 0 aliphatic carbocycles. The van der Waals surface area contributed by atoms with E-state index in [4.69, 9.17) is 9.26 Å². The van der Waals surface area contributed by atoms with E-state index >= 15 is 0 Å². The molecule has 1 aromatic heterocycles. The normalized spacial score (nSPS) is 10.4. The number of hydrogen-bond acceptors (Lipinski definition) is 5. The Morgan fingerprint density at radius 1 is 1.10 bits per heavy atom. The summed E-state index contributed by atoms with van der Waals surface area (Å²) in [6.45, 7) is 4.01. The van der Waals surface area contributed by atoms with E-state index in [1.807, 2.05) is 26.0 Å². The first-order chi connectivity index (χ1) is 14.0. The average molecular weight is 393 g/mol. The van der Waals surface area contributed by atoms with E-state index < -0.39 is 0 Å². The van der Waals surface area contributed by atoms with Crippen LogP contribution in [0.3, 0.4) is 0 Å². The Balaban J connectivity index is 1.62. The second-order valence-corrected chi connectivity index (χ2v) is 6.62. The highest BCUT2D eigenvalue weighted by atomic mass is 16.5. The summed E-state index contributed by atoms with van der Waals surface area (Å²) < 4.78 is 10.9. The van der Waals surface area contributed by atoms with E-state index in [2.05, 4.69) is 15.8 Å². The Bertz CT molecular complexity index is 990. The minimum absolute atomic E-state index is 0.0600. The van der Waals surface area contributed by atoms with Gasteiger partial charge in [-0.25, -0.2) is 0 Å². The van der Waals surface area contributed by atoms with Gasteiger partial charge in [-0.2, -0.15) is 0 Å². The van der Waals surface area contributed by atoms with Gasteiger partial charge in [0.25, 0.3) is 5.91 Å². The number of aryl methyl sites for hydroxylation is 2. The standard InChI is InChI=1S/C22H23N3O4/c1-14-20(15(2)29-25-14)13-28-19-6-4-5-17(12-19)22(27)24-18-9-7-16(8-10-18)11-21(26)23-3/h4-10,12H,11,13H2,1-3H3,(H,23,26)(H,24,27). The molecule has 2 amide bonds. The number of nitrogens with zero attached hydrogens (tertiary/aromatic N) is 1. The van der Waals surface area contributed by atoms with Crippen molar-refractivity contribution in [1.82, 2.24) is 10.5 Å². The lowest BCUT2D eigenvalue weighted by Crippen LogP contribution is -2.19. The molecule has 7 nitrogen and oxygen atoms in total. The topological polar surface area (TPSA) is 93.5 Å². The number of amides is 2. The molecule has 0 saturated heterocycles. The van der Waals surface area contributed by atoms with Crippen molar-refractivity contribution in [3.05, 3.63) is 76.7 Å². The van der Waals surface area contributed by atoms with Crippen molar-refractivity contribution >= 4 is 17.5 Å². The lowest BCUT2D eigenvalue weighted by Gasteiger charge is -2.09. The minimum atomic E-state index is -0.244. The maximum absolute atomic E-state index is 12.6. The van der Waals surface area contributed by atoms with Gasteiger partial charge in [-0.05, 0) is 49.7 Å². The van der Waals surface area contributed by atoms with Crippen molar-refractivity contribution in [1.29, 1.82) is 0 Å². The molecular weight excluding hydrogens is 370 g/mol. The smallest absolute Gasteiger partial charge is 0.255 e. The maximum atomic E-state index is 12.6. The number of anilines is 1. The molecule has 0 saturated carbocycles. The van der Waals surface area contributed by atoms with Gasteiger partial charge in [0.05, 0.1) is 17.7 Å². The number of aromatic nitrogens is 1. The largest absolute Gasteiger partial charge is 0.489 e. The van der Waals surface area contributed by atoms with Crippen molar-refractivity contribution in [2.75, 3.05) is 12.4 Å². The first-order valence-corrected chi connectivity index (χ1v) is 9.21. The highest BCUT2D eigenvalue weighted by Gasteiger charge is 2.11. The Kier molecular flexibility index (Phi) is 6.29. The van der Waals surface area contributed by atoms with E-state index in [1.165, 1.54) is 0 Å². The van der Waals surface area contributed by atoms with Crippen LogP contribution < -0.4 is 15.4 Å². The van der Waals surface area contributed by atoms with Crippen LogP contribution in [0.25, 0.3) is 0 Å². The molecule has 0 bridgehead atoms. The number of benzene rings is 2. The third kappa shape index (κ3) is 5.22. The van der Waals surface area contributed by atoms with Crippen LogP contribution in [0, 0.1) is 13.8 Å². The van der Waals surface area contributed by atoms with E-state index in [0.717, 1.165) is 22.6 Å². The SMILES string of the molecule is CNC(=O)Cc1ccc(NC(=O)c2cccc(OCc3c(C)noc3C)c2)cc1. The summed E-state index contributed by atoms with van der Waals surface area (Å²) in [5, 5.41) is 9.34. The number of carbonyl (C=O) groups is 2. The molecule has 0 unspecified atom stereocenters. The second-order valence-electron chi connectivity index (χ2n) is 6.62. The van der Waals surface area contributed by atoms with Crippen molar-refractivity contribution < 1.29 is 18.8 Å². The minimum Gasteiger partial charge on any atom is -0.489 e. The molecule has 0 spiro atoms. The summed E-state index contributed by atoms with van der Waals surface area (Å²) in [5.74, 6) is 0.997. The molecule has 2 aromatic carbocycles. The number of carbonyl (C=O) groups excluding carboxylic acids is 2. The molecule has 7 heteroatoms. The van der Waals surface area contributed by atoms with Gasteiger partial charge in [-0.1, -0.05) is 23.4 Å². The molecule has 150 valence electrons. The van der Waals surface area contributed by atoms with Crippen LogP contribution in [0.1, 0.15) is 32.9 Å². The monoisotopic (exact) mass is 393 g/mol. The number of likely N-dealkylation sites (N-methyl/N-ethyl adjacent to an activating group) is 1. The lowest BCUT2D eigenvalue weighted by atomic mass is 10.1. The van der Waals surface area contributed by atoms with Crippen molar-refractivity contribution in [3.8, 4) is 5.75 Å². The van der Waals surface area contributed by atoms with Gasteiger partial charge in [-0.15, -0.1) is 0 Å². The highest BCUT2D eigenvalue weighted by Crippen LogP contribution is 2.19. The Morgan fingerprint density at radius 3 is 2.52 bits per heavy atom. The van der Waals surface area contributed by atoms with E-state index in [9.17, 15) is 9.59 Å². The quantitative estimate of drug-likeness (QED) is 0.642. The number of rotatable bonds is 7. The fraction of sp³-hybridized carbons (Fsp3) is 0.227. The number of hydrogen-bond donors (Lipinski definition) is 2. The molecule has 0 radical (unpaired) electrons. The van der Waals surface area contributed by atoms with Crippen molar-refractivity contribution in [2.45, 2.75) is 26.9 Å². The van der Waals surface area contributed by atoms with Gasteiger partial charge in [0.2, 0.25) is 5.91 Å². The van der Waals surface area contributed by atoms with Gasteiger partial charge in [-0.3, -0.25) is 9.59 Å². The molecule has 0 atom stereocenters. The average Bonchev–Trinajstić information content (AvgIpc) is 3.05. The molecule has 3 aromatic rings. The van der Waals surface area contributed by atoms with Crippen LogP contribution in [0.2, 0.25) is 0 Å². The van der Waals surface area contributed by atoms with Gasteiger partial charge in [0, 0.05) is 18.3 Å². The van der Waals surface area contributed by atoms with E-state index in [-0.39, 0.29) is 11.8 Å². The van der Waals surface area contributed by atoms with Crippen LogP contribution in [0.4, 0.5) is 5.69 Å². The molecule has 1 heterocycles. The molecule has 0 aliphatic rings. The van der Waals surface area contributed by atoms with Gasteiger partial charge in [0.1, 0.15) is 18.1 Å². The first kappa shape index (κ1) is 20.1. The Hall–Kier alpha value is -3.61. The van der Waals surface area contributed by atoms with Gasteiger partial charge < -0.3 is 19.9 Å². The number of nitrogens with one attached hydrogen (secondary N) is 2. The van der Waals surface area contributed by atoms with E-state index in [1.54, 1.807) is 43.4 Å².